The van der Waals surface area contributed by atoms with Crippen molar-refractivity contribution in [2.75, 3.05) is 25.4 Å². The van der Waals surface area contributed by atoms with E-state index in [1.54, 1.807) is 20.8 Å². The second kappa shape index (κ2) is 9.45. The minimum atomic E-state index is -3.16. The molecule has 3 N–H and O–H groups in total. The molecule has 0 radical (unpaired) electrons. The van der Waals surface area contributed by atoms with Gasteiger partial charge in [-0.25, -0.2) is 8.42 Å². The Morgan fingerprint density at radius 1 is 1.14 bits per heavy atom. The van der Waals surface area contributed by atoms with Gasteiger partial charge in [0.25, 0.3) is 0 Å². The van der Waals surface area contributed by atoms with Gasteiger partial charge in [0.15, 0.2) is 15.8 Å². The number of aromatic amines is 1. The molecule has 28 heavy (non-hydrogen) atoms. The maximum atomic E-state index is 12.2. The lowest BCUT2D eigenvalue weighted by atomic mass is 10.1. The van der Waals surface area contributed by atoms with Gasteiger partial charge in [-0.15, -0.1) is 0 Å². The Balaban J connectivity index is 1.97. The van der Waals surface area contributed by atoms with Crippen LogP contribution in [0.4, 0.5) is 0 Å². The van der Waals surface area contributed by atoms with Gasteiger partial charge >= 0.3 is 0 Å². The van der Waals surface area contributed by atoms with Crippen molar-refractivity contribution >= 4 is 26.7 Å². The summed E-state index contributed by atoms with van der Waals surface area (Å²) in [5, 5.41) is 7.75. The van der Waals surface area contributed by atoms with Gasteiger partial charge in [0, 0.05) is 30.2 Å². The Morgan fingerprint density at radius 3 is 2.54 bits per heavy atom. The number of nitrogens with one attached hydrogen (secondary N) is 3. The highest BCUT2D eigenvalue weighted by molar-refractivity contribution is 7.92. The summed E-state index contributed by atoms with van der Waals surface area (Å²) in [5.74, 6) is 0.704. The number of H-pyrrole nitrogens is 1. The van der Waals surface area contributed by atoms with E-state index in [-0.39, 0.29) is 12.3 Å². The molecule has 0 saturated heterocycles. The van der Waals surface area contributed by atoms with Crippen molar-refractivity contribution in [1.29, 1.82) is 0 Å². The van der Waals surface area contributed by atoms with Crippen LogP contribution in [0.3, 0.4) is 0 Å². The zero-order valence-electron chi connectivity index (χ0n) is 17.7. The number of guanidine groups is 1. The van der Waals surface area contributed by atoms with Gasteiger partial charge < -0.3 is 15.6 Å². The number of aryl methyl sites for hydroxylation is 1. The number of para-hydroxylation sites is 1. The van der Waals surface area contributed by atoms with Crippen molar-refractivity contribution in [2.24, 2.45) is 4.99 Å². The summed E-state index contributed by atoms with van der Waals surface area (Å²) in [6.45, 7) is 11.0. The lowest BCUT2D eigenvalue weighted by Crippen LogP contribution is -2.39. The number of hydrogen-bond donors (Lipinski definition) is 3. The molecule has 2 aromatic rings. The second-order valence-electron chi connectivity index (χ2n) is 7.88. The topological polar surface area (TPSA) is 86.3 Å². The van der Waals surface area contributed by atoms with Crippen molar-refractivity contribution in [2.45, 2.75) is 52.2 Å². The zero-order valence-corrected chi connectivity index (χ0v) is 18.5. The molecule has 1 heterocycles. The summed E-state index contributed by atoms with van der Waals surface area (Å²) in [7, 11) is -3.16. The normalized spacial score (nSPS) is 13.1. The van der Waals surface area contributed by atoms with Crippen LogP contribution in [-0.2, 0) is 22.7 Å². The molecule has 7 heteroatoms. The van der Waals surface area contributed by atoms with Crippen LogP contribution < -0.4 is 10.6 Å². The summed E-state index contributed by atoms with van der Waals surface area (Å²) in [6.07, 6.45) is 3.94. The summed E-state index contributed by atoms with van der Waals surface area (Å²) in [6, 6.07) is 6.41. The second-order valence-corrected chi connectivity index (χ2v) is 10.7. The highest BCUT2D eigenvalue weighted by Gasteiger charge is 2.28. The lowest BCUT2D eigenvalue weighted by molar-refractivity contribution is 0.560. The van der Waals surface area contributed by atoms with E-state index in [4.69, 9.17) is 0 Å². The van der Waals surface area contributed by atoms with E-state index >= 15 is 0 Å². The van der Waals surface area contributed by atoms with Crippen LogP contribution in [0.5, 0.6) is 0 Å². The standard InChI is InChI=1S/C21H34N4O2S/c1-6-16-9-8-10-18-17(15-25-19(16)18)11-12-23-20(22-7-2)24-13-14-28(26,27)21(3,4)5/h8-10,15,25H,6-7,11-14H2,1-5H3,(H2,22,23,24). The van der Waals surface area contributed by atoms with Crippen LogP contribution >= 0.6 is 0 Å². The first-order valence-corrected chi connectivity index (χ1v) is 11.7. The molecule has 0 aliphatic rings. The maximum Gasteiger partial charge on any atom is 0.191 e. The number of fused-ring (bicyclic) bond motifs is 1. The minimum absolute atomic E-state index is 0.0509. The summed E-state index contributed by atoms with van der Waals surface area (Å²) in [5.41, 5.74) is 3.81. The van der Waals surface area contributed by atoms with Crippen LogP contribution in [0.2, 0.25) is 0 Å². The van der Waals surface area contributed by atoms with E-state index in [0.717, 1.165) is 25.9 Å². The monoisotopic (exact) mass is 406 g/mol. The van der Waals surface area contributed by atoms with Crippen LogP contribution in [0.1, 0.15) is 45.7 Å². The molecular formula is C21H34N4O2S. The molecule has 2 rings (SSSR count). The third kappa shape index (κ3) is 5.50. The van der Waals surface area contributed by atoms with Crippen molar-refractivity contribution in [3.63, 3.8) is 0 Å². The number of benzene rings is 1. The Labute approximate surface area is 169 Å². The van der Waals surface area contributed by atoms with Gasteiger partial charge in [-0.05, 0) is 51.7 Å². The molecule has 0 saturated carbocycles. The van der Waals surface area contributed by atoms with E-state index in [1.807, 2.05) is 6.92 Å². The van der Waals surface area contributed by atoms with E-state index in [1.165, 1.54) is 22.0 Å². The minimum Gasteiger partial charge on any atom is -0.361 e. The van der Waals surface area contributed by atoms with E-state index in [0.29, 0.717) is 5.96 Å². The lowest BCUT2D eigenvalue weighted by Gasteiger charge is -2.18. The van der Waals surface area contributed by atoms with Crippen LogP contribution in [0, 0.1) is 0 Å². The number of hydrogen-bond acceptors (Lipinski definition) is 3. The Kier molecular flexibility index (Phi) is 7.52. The Morgan fingerprint density at radius 2 is 1.89 bits per heavy atom. The number of aromatic nitrogens is 1. The van der Waals surface area contributed by atoms with Gasteiger partial charge in [0.2, 0.25) is 0 Å². The fraction of sp³-hybridized carbons (Fsp3) is 0.571. The molecule has 0 aliphatic carbocycles. The molecule has 6 nitrogen and oxygen atoms in total. The average molecular weight is 407 g/mol. The highest BCUT2D eigenvalue weighted by Crippen LogP contribution is 2.22. The quantitative estimate of drug-likeness (QED) is 0.465. The predicted molar refractivity (Wildman–Crippen MR) is 119 cm³/mol. The van der Waals surface area contributed by atoms with Gasteiger partial charge in [-0.2, -0.15) is 0 Å². The maximum absolute atomic E-state index is 12.2. The molecule has 0 bridgehead atoms. The average Bonchev–Trinajstić information content (AvgIpc) is 3.04. The zero-order chi connectivity index (χ0) is 20.8. The molecule has 1 aromatic carbocycles. The number of nitrogens with zero attached hydrogens (tertiary/aromatic N) is 1. The van der Waals surface area contributed by atoms with Crippen molar-refractivity contribution in [1.82, 2.24) is 15.6 Å². The van der Waals surface area contributed by atoms with E-state index < -0.39 is 14.6 Å². The number of sulfone groups is 1. The molecule has 156 valence electrons. The van der Waals surface area contributed by atoms with Gasteiger partial charge in [-0.3, -0.25) is 4.99 Å². The van der Waals surface area contributed by atoms with E-state index in [2.05, 4.69) is 51.9 Å². The fourth-order valence-electron chi connectivity index (χ4n) is 3.02. The number of rotatable bonds is 8. The summed E-state index contributed by atoms with van der Waals surface area (Å²) in [4.78, 5) is 7.82. The third-order valence-electron chi connectivity index (χ3n) is 4.86. The van der Waals surface area contributed by atoms with Gasteiger partial charge in [0.05, 0.1) is 17.0 Å². The molecule has 0 fully saturated rings. The molecule has 1 aromatic heterocycles. The number of aliphatic imine (C=N–C) groups is 1. The first-order chi connectivity index (χ1) is 13.2. The molecule has 0 unspecified atom stereocenters. The van der Waals surface area contributed by atoms with Gasteiger partial charge in [-0.1, -0.05) is 25.1 Å². The van der Waals surface area contributed by atoms with Crippen LogP contribution in [0.15, 0.2) is 29.4 Å². The van der Waals surface area contributed by atoms with Crippen molar-refractivity contribution in [3.8, 4) is 0 Å². The Hall–Kier alpha value is -2.02. The van der Waals surface area contributed by atoms with E-state index in [9.17, 15) is 8.42 Å². The molecule has 0 amide bonds. The predicted octanol–water partition coefficient (Wildman–Crippen LogP) is 3.04. The van der Waals surface area contributed by atoms with Crippen LogP contribution in [0.25, 0.3) is 10.9 Å². The SMILES string of the molecule is CCNC(=NCCS(=O)(=O)C(C)(C)C)NCCc1c[nH]c2c(CC)cccc12. The Bertz CT molecular complexity index is 908. The van der Waals surface area contributed by atoms with Crippen LogP contribution in [-0.4, -0.2) is 49.5 Å². The van der Waals surface area contributed by atoms with Crippen molar-refractivity contribution < 1.29 is 8.42 Å². The fourth-order valence-corrected chi connectivity index (χ4v) is 3.96. The first-order valence-electron chi connectivity index (χ1n) is 10.0. The molecule has 0 atom stereocenters. The molecule has 0 spiro atoms. The third-order valence-corrected chi connectivity index (χ3v) is 7.45. The highest BCUT2D eigenvalue weighted by atomic mass is 32.2. The smallest absolute Gasteiger partial charge is 0.191 e. The molecule has 0 aliphatic heterocycles. The summed E-state index contributed by atoms with van der Waals surface area (Å²) < 4.78 is 23.7. The largest absolute Gasteiger partial charge is 0.361 e. The van der Waals surface area contributed by atoms with Gasteiger partial charge in [0.1, 0.15) is 0 Å². The summed E-state index contributed by atoms with van der Waals surface area (Å²) >= 11 is 0. The first kappa shape index (κ1) is 22.3. The van der Waals surface area contributed by atoms with Crippen molar-refractivity contribution in [3.05, 3.63) is 35.5 Å². The molecular weight excluding hydrogens is 372 g/mol.